The number of fused-ring (bicyclic) bond motifs is 1. The molecular weight excluding hydrogens is 324 g/mol. The summed E-state index contributed by atoms with van der Waals surface area (Å²) in [5, 5.41) is 8.64. The lowest BCUT2D eigenvalue weighted by atomic mass is 9.91. The Hall–Kier alpha value is -2.53. The molecule has 1 saturated heterocycles. The Morgan fingerprint density at radius 2 is 1.88 bits per heavy atom. The van der Waals surface area contributed by atoms with Gasteiger partial charge in [-0.05, 0) is 51.1 Å². The van der Waals surface area contributed by atoms with Crippen molar-refractivity contribution in [3.8, 4) is 0 Å². The molecule has 1 aliphatic heterocycles. The fraction of sp³-hybridized carbons (Fsp3) is 0.381. The van der Waals surface area contributed by atoms with E-state index in [1.165, 1.54) is 5.56 Å². The van der Waals surface area contributed by atoms with Crippen LogP contribution in [0.5, 0.6) is 0 Å². The predicted octanol–water partition coefficient (Wildman–Crippen LogP) is 3.38. The number of hydrogen-bond donors (Lipinski definition) is 0. The third-order valence-electron chi connectivity index (χ3n) is 5.38. The highest BCUT2D eigenvalue weighted by atomic mass is 16.1. The van der Waals surface area contributed by atoms with E-state index in [4.69, 9.17) is 0 Å². The number of para-hydroxylation sites is 1. The van der Waals surface area contributed by atoms with Crippen LogP contribution in [0.25, 0.3) is 11.0 Å². The Morgan fingerprint density at radius 1 is 1.12 bits per heavy atom. The molecule has 134 valence electrons. The summed E-state index contributed by atoms with van der Waals surface area (Å²) in [4.78, 5) is 15.8. The molecule has 3 aromatic rings. The van der Waals surface area contributed by atoms with E-state index in [0.29, 0.717) is 0 Å². The van der Waals surface area contributed by atoms with Gasteiger partial charge in [-0.15, -0.1) is 5.10 Å². The normalized spacial score (nSPS) is 19.5. The van der Waals surface area contributed by atoms with E-state index < -0.39 is 6.04 Å². The molecule has 1 aromatic heterocycles. The van der Waals surface area contributed by atoms with Gasteiger partial charge in [0.1, 0.15) is 11.6 Å². The number of rotatable bonds is 4. The van der Waals surface area contributed by atoms with Gasteiger partial charge < -0.3 is 0 Å². The van der Waals surface area contributed by atoms with Gasteiger partial charge in [-0.3, -0.25) is 9.69 Å². The Balaban J connectivity index is 1.81. The first-order valence-electron chi connectivity index (χ1n) is 9.25. The average Bonchev–Trinajstić information content (AvgIpc) is 3.08. The maximum Gasteiger partial charge on any atom is 0.178 e. The van der Waals surface area contributed by atoms with Crippen LogP contribution < -0.4 is 0 Å². The highest BCUT2D eigenvalue weighted by molar-refractivity contribution is 5.92. The number of nitrogens with zero attached hydrogens (tertiary/aromatic N) is 4. The van der Waals surface area contributed by atoms with Crippen molar-refractivity contribution < 1.29 is 4.79 Å². The number of hydrogen-bond acceptors (Lipinski definition) is 4. The molecule has 26 heavy (non-hydrogen) atoms. The van der Waals surface area contributed by atoms with Crippen molar-refractivity contribution in [2.24, 2.45) is 0 Å². The summed E-state index contributed by atoms with van der Waals surface area (Å²) in [5.74, 6) is 0.201. The van der Waals surface area contributed by atoms with Gasteiger partial charge in [-0.2, -0.15) is 0 Å². The zero-order valence-electron chi connectivity index (χ0n) is 15.3. The van der Waals surface area contributed by atoms with Crippen molar-refractivity contribution in [2.75, 3.05) is 13.6 Å². The van der Waals surface area contributed by atoms with E-state index in [0.717, 1.165) is 42.4 Å². The first-order chi connectivity index (χ1) is 12.6. The van der Waals surface area contributed by atoms with Gasteiger partial charge in [-0.1, -0.05) is 53.6 Å². The molecular formula is C21H24N4O. The van der Waals surface area contributed by atoms with Crippen molar-refractivity contribution in [3.05, 3.63) is 59.7 Å². The number of aromatic nitrogens is 3. The number of aryl methyl sites for hydroxylation is 1. The molecule has 2 heterocycles. The van der Waals surface area contributed by atoms with Gasteiger partial charge in [0, 0.05) is 0 Å². The smallest absolute Gasteiger partial charge is 0.178 e. The third kappa shape index (κ3) is 3.03. The van der Waals surface area contributed by atoms with Crippen LogP contribution in [0.15, 0.2) is 48.5 Å². The highest BCUT2D eigenvalue weighted by Gasteiger charge is 2.34. The Kier molecular flexibility index (Phi) is 4.55. The quantitative estimate of drug-likeness (QED) is 0.725. The summed E-state index contributed by atoms with van der Waals surface area (Å²) in [5.41, 5.74) is 3.85. The first-order valence-corrected chi connectivity index (χ1v) is 9.25. The van der Waals surface area contributed by atoms with Crippen LogP contribution in [0, 0.1) is 6.92 Å². The van der Waals surface area contributed by atoms with Crippen LogP contribution in [-0.4, -0.2) is 45.3 Å². The van der Waals surface area contributed by atoms with Crippen LogP contribution >= 0.6 is 0 Å². The number of Topliss-reactive ketones (excluding diaryl/α,β-unsaturated/α-hetero) is 1. The van der Waals surface area contributed by atoms with Crippen LogP contribution in [0.4, 0.5) is 0 Å². The van der Waals surface area contributed by atoms with E-state index in [-0.39, 0.29) is 11.8 Å². The number of carbonyl (C=O) groups excluding carboxylic acids is 1. The van der Waals surface area contributed by atoms with Gasteiger partial charge in [0.15, 0.2) is 5.78 Å². The number of benzene rings is 2. The first kappa shape index (κ1) is 16.9. The van der Waals surface area contributed by atoms with Crippen molar-refractivity contribution >= 4 is 16.8 Å². The highest BCUT2D eigenvalue weighted by Crippen LogP contribution is 2.28. The number of piperidine rings is 1. The van der Waals surface area contributed by atoms with E-state index in [2.05, 4.69) is 34.3 Å². The van der Waals surface area contributed by atoms with Crippen LogP contribution in [-0.2, 0) is 4.79 Å². The van der Waals surface area contributed by atoms with E-state index >= 15 is 0 Å². The molecule has 1 aliphatic rings. The lowest BCUT2D eigenvalue weighted by Gasteiger charge is -2.33. The fourth-order valence-electron chi connectivity index (χ4n) is 3.87. The number of likely N-dealkylation sites (tertiary alicyclic amines) is 1. The zero-order valence-corrected chi connectivity index (χ0v) is 15.3. The van der Waals surface area contributed by atoms with Gasteiger partial charge in [0.2, 0.25) is 0 Å². The summed E-state index contributed by atoms with van der Waals surface area (Å²) >= 11 is 0. The van der Waals surface area contributed by atoms with Crippen molar-refractivity contribution in [2.45, 2.75) is 38.3 Å². The lowest BCUT2D eigenvalue weighted by molar-refractivity contribution is -0.127. The molecule has 4 rings (SSSR count). The van der Waals surface area contributed by atoms with Gasteiger partial charge in [0.05, 0.1) is 11.6 Å². The van der Waals surface area contributed by atoms with Crippen LogP contribution in [0.1, 0.15) is 36.4 Å². The summed E-state index contributed by atoms with van der Waals surface area (Å²) in [6, 6.07) is 15.5. The summed E-state index contributed by atoms with van der Waals surface area (Å²) in [6.07, 6.45) is 3.16. The Labute approximate surface area is 153 Å². The average molecular weight is 348 g/mol. The fourth-order valence-corrected chi connectivity index (χ4v) is 3.87. The molecule has 2 unspecified atom stereocenters. The summed E-state index contributed by atoms with van der Waals surface area (Å²) < 4.78 is 1.80. The SMILES string of the molecule is Cc1ccc(C(C(=O)C2CCCCN2C)n2nnc3ccccc32)cc1. The number of ketones is 1. The number of carbonyl (C=O) groups is 1. The molecule has 0 bridgehead atoms. The molecule has 2 atom stereocenters. The molecule has 1 fully saturated rings. The maximum absolute atomic E-state index is 13.6. The van der Waals surface area contributed by atoms with Crippen molar-refractivity contribution in [1.29, 1.82) is 0 Å². The molecule has 0 spiro atoms. The van der Waals surface area contributed by atoms with Crippen LogP contribution in [0.3, 0.4) is 0 Å². The monoisotopic (exact) mass is 348 g/mol. The van der Waals surface area contributed by atoms with Crippen molar-refractivity contribution in [3.63, 3.8) is 0 Å². The molecule has 0 aliphatic carbocycles. The van der Waals surface area contributed by atoms with E-state index in [1.54, 1.807) is 4.68 Å². The second kappa shape index (κ2) is 7.00. The molecule has 2 aromatic carbocycles. The number of likely N-dealkylation sites (N-methyl/N-ethyl adjacent to an activating group) is 1. The zero-order chi connectivity index (χ0) is 18.1. The Bertz CT molecular complexity index is 915. The van der Waals surface area contributed by atoms with E-state index in [1.807, 2.05) is 43.4 Å². The Morgan fingerprint density at radius 3 is 2.65 bits per heavy atom. The second-order valence-corrected chi connectivity index (χ2v) is 7.23. The van der Waals surface area contributed by atoms with Gasteiger partial charge >= 0.3 is 0 Å². The minimum Gasteiger partial charge on any atom is -0.297 e. The predicted molar refractivity (Wildman–Crippen MR) is 102 cm³/mol. The maximum atomic E-state index is 13.6. The molecule has 0 radical (unpaired) electrons. The molecule has 0 saturated carbocycles. The summed E-state index contributed by atoms with van der Waals surface area (Å²) in [6.45, 7) is 3.02. The molecule has 0 amide bonds. The van der Waals surface area contributed by atoms with Crippen molar-refractivity contribution in [1.82, 2.24) is 19.9 Å². The summed E-state index contributed by atoms with van der Waals surface area (Å²) in [7, 11) is 2.05. The molecule has 5 heteroatoms. The second-order valence-electron chi connectivity index (χ2n) is 7.23. The minimum atomic E-state index is -0.450. The minimum absolute atomic E-state index is 0.0713. The van der Waals surface area contributed by atoms with Gasteiger partial charge in [0.25, 0.3) is 0 Å². The van der Waals surface area contributed by atoms with Crippen LogP contribution in [0.2, 0.25) is 0 Å². The topological polar surface area (TPSA) is 51.0 Å². The third-order valence-corrected chi connectivity index (χ3v) is 5.38. The standard InChI is InChI=1S/C21H24N4O/c1-15-10-12-16(13-11-15)20(21(26)19-9-5-6-14-24(19)2)25-18-8-4-3-7-17(18)22-23-25/h3-4,7-8,10-13,19-20H,5-6,9,14H2,1-2H3. The lowest BCUT2D eigenvalue weighted by Crippen LogP contribution is -2.45. The molecule has 5 nitrogen and oxygen atoms in total. The largest absolute Gasteiger partial charge is 0.297 e. The van der Waals surface area contributed by atoms with E-state index in [9.17, 15) is 4.79 Å². The molecule has 0 N–H and O–H groups in total. The van der Waals surface area contributed by atoms with Gasteiger partial charge in [-0.25, -0.2) is 4.68 Å².